The summed E-state index contributed by atoms with van der Waals surface area (Å²) in [4.78, 5) is 29.9. The number of hydrogen-bond donors (Lipinski definition) is 1. The van der Waals surface area contributed by atoms with Gasteiger partial charge in [0.15, 0.2) is 0 Å². The van der Waals surface area contributed by atoms with Crippen molar-refractivity contribution in [2.75, 3.05) is 45.9 Å². The minimum absolute atomic E-state index is 0.172. The summed E-state index contributed by atoms with van der Waals surface area (Å²) in [6, 6.07) is 8.23. The molecular formula is C24H35N3O3. The third kappa shape index (κ3) is 4.97. The second kappa shape index (κ2) is 9.82. The van der Waals surface area contributed by atoms with Gasteiger partial charge in [0, 0.05) is 13.1 Å². The number of para-hydroxylation sites is 1. The Kier molecular flexibility index (Phi) is 6.93. The molecule has 2 amide bonds. The molecular weight excluding hydrogens is 378 g/mol. The number of amides is 2. The van der Waals surface area contributed by atoms with Crippen molar-refractivity contribution in [3.8, 4) is 5.75 Å². The van der Waals surface area contributed by atoms with Gasteiger partial charge < -0.3 is 15.0 Å². The van der Waals surface area contributed by atoms with Crippen LogP contribution in [0.1, 0.15) is 50.5 Å². The largest absolute Gasteiger partial charge is 0.491 e. The van der Waals surface area contributed by atoms with Crippen molar-refractivity contribution in [1.29, 1.82) is 0 Å². The van der Waals surface area contributed by atoms with Gasteiger partial charge in [-0.25, -0.2) is 0 Å². The SMILES string of the molecule is O=C(CN1CCC2(CCCCc3ccccc3OCCNC2=O)CC1)N1CCCC1. The van der Waals surface area contributed by atoms with Crippen molar-refractivity contribution >= 4 is 11.8 Å². The summed E-state index contributed by atoms with van der Waals surface area (Å²) >= 11 is 0. The van der Waals surface area contributed by atoms with Gasteiger partial charge in [0.1, 0.15) is 12.4 Å². The van der Waals surface area contributed by atoms with Crippen LogP contribution in [0, 0.1) is 5.41 Å². The zero-order chi connectivity index (χ0) is 20.8. The highest BCUT2D eigenvalue weighted by molar-refractivity contribution is 5.83. The van der Waals surface area contributed by atoms with Gasteiger partial charge in [-0.3, -0.25) is 14.5 Å². The van der Waals surface area contributed by atoms with Crippen molar-refractivity contribution in [3.63, 3.8) is 0 Å². The van der Waals surface area contributed by atoms with E-state index in [9.17, 15) is 9.59 Å². The number of carbonyl (C=O) groups is 2. The first kappa shape index (κ1) is 21.2. The average Bonchev–Trinajstić information content (AvgIpc) is 3.30. The summed E-state index contributed by atoms with van der Waals surface area (Å²) < 4.78 is 5.93. The number of carbonyl (C=O) groups excluding carboxylic acids is 2. The number of fused-ring (bicyclic) bond motifs is 1. The Morgan fingerprint density at radius 2 is 1.77 bits per heavy atom. The first-order valence-electron chi connectivity index (χ1n) is 11.7. The fourth-order valence-electron chi connectivity index (χ4n) is 5.13. The summed E-state index contributed by atoms with van der Waals surface area (Å²) in [5, 5.41) is 3.13. The van der Waals surface area contributed by atoms with Gasteiger partial charge in [0.05, 0.1) is 18.5 Å². The van der Waals surface area contributed by atoms with Gasteiger partial charge in [-0.2, -0.15) is 0 Å². The second-order valence-corrected chi connectivity index (χ2v) is 9.06. The summed E-state index contributed by atoms with van der Waals surface area (Å²) in [7, 11) is 0. The molecule has 1 aromatic carbocycles. The predicted molar refractivity (Wildman–Crippen MR) is 116 cm³/mol. The van der Waals surface area contributed by atoms with E-state index in [1.807, 2.05) is 17.0 Å². The normalized spacial score (nSPS) is 23.1. The van der Waals surface area contributed by atoms with Crippen LogP contribution in [0.4, 0.5) is 0 Å². The molecule has 0 bridgehead atoms. The molecule has 3 aliphatic rings. The van der Waals surface area contributed by atoms with Crippen LogP contribution in [0.2, 0.25) is 0 Å². The maximum atomic E-state index is 13.1. The molecule has 1 aromatic rings. The van der Waals surface area contributed by atoms with Gasteiger partial charge >= 0.3 is 0 Å². The molecule has 1 N–H and O–H groups in total. The van der Waals surface area contributed by atoms with E-state index in [1.165, 1.54) is 5.56 Å². The zero-order valence-electron chi connectivity index (χ0n) is 18.0. The van der Waals surface area contributed by atoms with Crippen LogP contribution in [-0.4, -0.2) is 67.5 Å². The number of ether oxygens (including phenoxy) is 1. The van der Waals surface area contributed by atoms with E-state index in [1.54, 1.807) is 0 Å². The first-order valence-corrected chi connectivity index (χ1v) is 11.7. The molecule has 0 radical (unpaired) electrons. The number of likely N-dealkylation sites (tertiary alicyclic amines) is 2. The fraction of sp³-hybridized carbons (Fsp3) is 0.667. The number of nitrogens with one attached hydrogen (secondary N) is 1. The van der Waals surface area contributed by atoms with Crippen molar-refractivity contribution in [2.45, 2.75) is 51.4 Å². The molecule has 3 heterocycles. The van der Waals surface area contributed by atoms with E-state index in [4.69, 9.17) is 4.74 Å². The molecule has 0 saturated carbocycles. The smallest absolute Gasteiger partial charge is 0.236 e. The van der Waals surface area contributed by atoms with E-state index < -0.39 is 0 Å². The Hall–Kier alpha value is -2.08. The lowest BCUT2D eigenvalue weighted by Gasteiger charge is -2.41. The van der Waals surface area contributed by atoms with E-state index >= 15 is 0 Å². The minimum Gasteiger partial charge on any atom is -0.491 e. The van der Waals surface area contributed by atoms with E-state index in [2.05, 4.69) is 22.3 Å². The lowest BCUT2D eigenvalue weighted by Crippen LogP contribution is -2.51. The molecule has 30 heavy (non-hydrogen) atoms. The minimum atomic E-state index is -0.300. The topological polar surface area (TPSA) is 61.9 Å². The van der Waals surface area contributed by atoms with Crippen molar-refractivity contribution < 1.29 is 14.3 Å². The number of rotatable bonds is 2. The van der Waals surface area contributed by atoms with Crippen LogP contribution in [0.3, 0.4) is 0 Å². The lowest BCUT2D eigenvalue weighted by atomic mass is 9.73. The maximum absolute atomic E-state index is 13.1. The molecule has 6 heteroatoms. The predicted octanol–water partition coefficient (Wildman–Crippen LogP) is 2.61. The Balaban J connectivity index is 1.34. The van der Waals surface area contributed by atoms with Crippen molar-refractivity contribution in [3.05, 3.63) is 29.8 Å². The Morgan fingerprint density at radius 1 is 1.00 bits per heavy atom. The van der Waals surface area contributed by atoms with Crippen molar-refractivity contribution in [1.82, 2.24) is 15.1 Å². The standard InChI is InChI=1S/C24H35N3O3/c28-22(27-14-5-6-15-27)19-26-16-11-24(12-17-26)10-4-3-8-20-7-1-2-9-21(20)30-18-13-25-23(24)29/h1-2,7,9H,3-6,8,10-19H2,(H,25,29). The molecule has 3 aliphatic heterocycles. The van der Waals surface area contributed by atoms with Crippen LogP contribution in [0.5, 0.6) is 5.75 Å². The van der Waals surface area contributed by atoms with Crippen LogP contribution < -0.4 is 10.1 Å². The highest BCUT2D eigenvalue weighted by Gasteiger charge is 2.41. The highest BCUT2D eigenvalue weighted by atomic mass is 16.5. The van der Waals surface area contributed by atoms with Crippen LogP contribution in [-0.2, 0) is 16.0 Å². The number of aryl methyl sites for hydroxylation is 1. The third-order valence-corrected chi connectivity index (χ3v) is 7.08. The lowest BCUT2D eigenvalue weighted by molar-refractivity contribution is -0.136. The molecule has 0 unspecified atom stereocenters. The Morgan fingerprint density at radius 3 is 2.57 bits per heavy atom. The van der Waals surface area contributed by atoms with Crippen LogP contribution in [0.25, 0.3) is 0 Å². The zero-order valence-corrected chi connectivity index (χ0v) is 18.0. The van der Waals surface area contributed by atoms with Gasteiger partial charge in [0.25, 0.3) is 0 Å². The summed E-state index contributed by atoms with van der Waals surface area (Å²) in [5.41, 5.74) is 0.958. The molecule has 0 aliphatic carbocycles. The average molecular weight is 414 g/mol. The van der Waals surface area contributed by atoms with E-state index in [0.717, 1.165) is 83.3 Å². The summed E-state index contributed by atoms with van der Waals surface area (Å²) in [5.74, 6) is 1.37. The van der Waals surface area contributed by atoms with Gasteiger partial charge in [0.2, 0.25) is 11.8 Å². The monoisotopic (exact) mass is 413 g/mol. The maximum Gasteiger partial charge on any atom is 0.236 e. The van der Waals surface area contributed by atoms with Crippen LogP contribution in [0.15, 0.2) is 24.3 Å². The molecule has 0 aromatic heterocycles. The first-order chi connectivity index (χ1) is 14.7. The Bertz CT molecular complexity index is 737. The molecule has 164 valence electrons. The molecule has 4 rings (SSSR count). The van der Waals surface area contributed by atoms with Gasteiger partial charge in [-0.1, -0.05) is 24.6 Å². The highest BCUT2D eigenvalue weighted by Crippen LogP contribution is 2.37. The fourth-order valence-corrected chi connectivity index (χ4v) is 5.13. The van der Waals surface area contributed by atoms with Crippen molar-refractivity contribution in [2.24, 2.45) is 5.41 Å². The number of piperidine rings is 1. The van der Waals surface area contributed by atoms with Gasteiger partial charge in [-0.05, 0) is 69.7 Å². The van der Waals surface area contributed by atoms with E-state index in [0.29, 0.717) is 19.7 Å². The summed E-state index contributed by atoms with van der Waals surface area (Å²) in [6.45, 7) is 5.00. The molecule has 2 saturated heterocycles. The summed E-state index contributed by atoms with van der Waals surface area (Å²) in [6.07, 6.45) is 7.95. The molecule has 0 atom stereocenters. The Labute approximate surface area is 179 Å². The number of hydrogen-bond acceptors (Lipinski definition) is 4. The number of benzene rings is 1. The molecule has 2 fully saturated rings. The second-order valence-electron chi connectivity index (χ2n) is 9.06. The molecule has 1 spiro atoms. The van der Waals surface area contributed by atoms with Crippen LogP contribution >= 0.6 is 0 Å². The van der Waals surface area contributed by atoms with Gasteiger partial charge in [-0.15, -0.1) is 0 Å². The number of nitrogens with zero attached hydrogens (tertiary/aromatic N) is 2. The quantitative estimate of drug-likeness (QED) is 0.810. The molecule has 6 nitrogen and oxygen atoms in total. The van der Waals surface area contributed by atoms with E-state index in [-0.39, 0.29) is 17.2 Å². The third-order valence-electron chi connectivity index (χ3n) is 7.08.